The van der Waals surface area contributed by atoms with Gasteiger partial charge in [-0.05, 0) is 42.2 Å². The van der Waals surface area contributed by atoms with Crippen LogP contribution in [-0.2, 0) is 31.1 Å². The molecule has 0 spiro atoms. The lowest BCUT2D eigenvalue weighted by Crippen LogP contribution is -2.43. The molecule has 2 aromatic rings. The molecule has 0 unspecified atom stereocenters. The van der Waals surface area contributed by atoms with Crippen molar-refractivity contribution in [3.63, 3.8) is 0 Å². The molecule has 1 N–H and O–H groups in total. The quantitative estimate of drug-likeness (QED) is 0.464. The number of hydrogen-bond acceptors (Lipinski definition) is 6. The summed E-state index contributed by atoms with van der Waals surface area (Å²) in [5, 5.41) is 2.90. The van der Waals surface area contributed by atoms with Gasteiger partial charge in [0, 0.05) is 39.6 Å². The molecule has 2 aliphatic rings. The van der Waals surface area contributed by atoms with Crippen molar-refractivity contribution in [2.45, 2.75) is 38.1 Å². The highest BCUT2D eigenvalue weighted by atomic mass is 16.7. The number of imide groups is 1. The zero-order chi connectivity index (χ0) is 23.4. The van der Waals surface area contributed by atoms with E-state index < -0.39 is 5.41 Å². The number of amides is 3. The molecule has 0 saturated carbocycles. The molecule has 8 nitrogen and oxygen atoms in total. The Balaban J connectivity index is 1.53. The van der Waals surface area contributed by atoms with Crippen LogP contribution in [0.15, 0.2) is 42.5 Å². The minimum Gasteiger partial charge on any atom is -0.454 e. The van der Waals surface area contributed by atoms with Crippen molar-refractivity contribution in [3.05, 3.63) is 59.2 Å². The van der Waals surface area contributed by atoms with Gasteiger partial charge >= 0.3 is 0 Å². The molecular formula is C25H28N2O6. The van der Waals surface area contributed by atoms with E-state index in [1.165, 1.54) is 4.90 Å². The van der Waals surface area contributed by atoms with Crippen molar-refractivity contribution in [1.29, 1.82) is 0 Å². The molecule has 0 radical (unpaired) electrons. The highest BCUT2D eigenvalue weighted by Crippen LogP contribution is 2.41. The van der Waals surface area contributed by atoms with Crippen LogP contribution in [0.3, 0.4) is 0 Å². The van der Waals surface area contributed by atoms with Crippen LogP contribution in [0.4, 0.5) is 0 Å². The second-order valence-electron chi connectivity index (χ2n) is 8.41. The number of hydrogen-bond donors (Lipinski definition) is 1. The zero-order valence-corrected chi connectivity index (χ0v) is 18.9. The maximum atomic E-state index is 13.6. The summed E-state index contributed by atoms with van der Waals surface area (Å²) >= 11 is 0. The van der Waals surface area contributed by atoms with Gasteiger partial charge in [0.1, 0.15) is 0 Å². The van der Waals surface area contributed by atoms with Gasteiger partial charge in [-0.25, -0.2) is 0 Å². The molecule has 1 fully saturated rings. The standard InChI is InChI=1S/C25H28N2O6/c1-17-6-3-4-7-19(17)25(14-23(29)27(24(25)30)10-5-11-31-2)13-22(28)26-15-18-8-9-20-21(12-18)33-16-32-20/h3-4,6-9,12H,5,10-11,13-16H2,1-2H3,(H,26,28)/t25-/m1/s1. The fraction of sp³-hybridized carbons (Fsp3) is 0.400. The van der Waals surface area contributed by atoms with Crippen LogP contribution in [0.2, 0.25) is 0 Å². The Morgan fingerprint density at radius 1 is 1.15 bits per heavy atom. The van der Waals surface area contributed by atoms with Crippen molar-refractivity contribution in [2.75, 3.05) is 27.1 Å². The number of benzene rings is 2. The van der Waals surface area contributed by atoms with Crippen LogP contribution in [0.25, 0.3) is 0 Å². The number of aryl methyl sites for hydroxylation is 1. The SMILES string of the molecule is COCCCN1C(=O)C[C@](CC(=O)NCc2ccc3c(c2)OCO3)(c2ccccc2C)C1=O. The molecule has 33 heavy (non-hydrogen) atoms. The highest BCUT2D eigenvalue weighted by molar-refractivity contribution is 6.10. The van der Waals surface area contributed by atoms with E-state index in [1.807, 2.05) is 43.3 Å². The summed E-state index contributed by atoms with van der Waals surface area (Å²) in [6.45, 7) is 3.08. The van der Waals surface area contributed by atoms with E-state index in [0.717, 1.165) is 16.7 Å². The summed E-state index contributed by atoms with van der Waals surface area (Å²) in [6.07, 6.45) is 0.420. The maximum absolute atomic E-state index is 13.6. The van der Waals surface area contributed by atoms with Crippen molar-refractivity contribution >= 4 is 17.7 Å². The fourth-order valence-electron chi connectivity index (χ4n) is 4.54. The normalized spacial score (nSPS) is 19.3. The second kappa shape index (κ2) is 9.62. The topological polar surface area (TPSA) is 94.2 Å². The summed E-state index contributed by atoms with van der Waals surface area (Å²) in [5.74, 6) is 0.434. The van der Waals surface area contributed by atoms with E-state index in [9.17, 15) is 14.4 Å². The average Bonchev–Trinajstić information content (AvgIpc) is 3.36. The molecule has 174 valence electrons. The number of nitrogens with zero attached hydrogens (tertiary/aromatic N) is 1. The molecule has 1 atom stereocenters. The summed E-state index contributed by atoms with van der Waals surface area (Å²) in [4.78, 5) is 40.8. The molecular weight excluding hydrogens is 424 g/mol. The molecule has 1 saturated heterocycles. The average molecular weight is 453 g/mol. The fourth-order valence-corrected chi connectivity index (χ4v) is 4.54. The summed E-state index contributed by atoms with van der Waals surface area (Å²) < 4.78 is 15.8. The van der Waals surface area contributed by atoms with Crippen molar-refractivity contribution in [1.82, 2.24) is 10.2 Å². The second-order valence-corrected chi connectivity index (χ2v) is 8.41. The lowest BCUT2D eigenvalue weighted by atomic mass is 9.74. The molecule has 0 aromatic heterocycles. The van der Waals surface area contributed by atoms with E-state index >= 15 is 0 Å². The van der Waals surface area contributed by atoms with Gasteiger partial charge in [-0.3, -0.25) is 19.3 Å². The Hall–Kier alpha value is -3.39. The van der Waals surface area contributed by atoms with Gasteiger partial charge in [0.25, 0.3) is 0 Å². The van der Waals surface area contributed by atoms with Crippen LogP contribution in [0.1, 0.15) is 36.0 Å². The predicted octanol–water partition coefficient (Wildman–Crippen LogP) is 2.46. The van der Waals surface area contributed by atoms with E-state index in [2.05, 4.69) is 5.32 Å². The van der Waals surface area contributed by atoms with Gasteiger partial charge in [-0.2, -0.15) is 0 Å². The predicted molar refractivity (Wildman–Crippen MR) is 120 cm³/mol. The van der Waals surface area contributed by atoms with E-state index in [4.69, 9.17) is 14.2 Å². The van der Waals surface area contributed by atoms with Gasteiger partial charge < -0.3 is 19.5 Å². The number of rotatable bonds is 9. The Labute approximate surface area is 192 Å². The molecule has 2 aliphatic heterocycles. The first-order valence-corrected chi connectivity index (χ1v) is 11.0. The minimum atomic E-state index is -1.21. The van der Waals surface area contributed by atoms with Crippen molar-refractivity contribution < 1.29 is 28.6 Å². The summed E-state index contributed by atoms with van der Waals surface area (Å²) in [6, 6.07) is 12.9. The van der Waals surface area contributed by atoms with Crippen LogP contribution in [-0.4, -0.2) is 49.7 Å². The van der Waals surface area contributed by atoms with Crippen LogP contribution in [0, 0.1) is 6.92 Å². The summed E-state index contributed by atoms with van der Waals surface area (Å²) in [5.41, 5.74) is 1.23. The monoisotopic (exact) mass is 452 g/mol. The van der Waals surface area contributed by atoms with Crippen LogP contribution >= 0.6 is 0 Å². The Kier molecular flexibility index (Phi) is 6.65. The lowest BCUT2D eigenvalue weighted by Gasteiger charge is -2.28. The van der Waals surface area contributed by atoms with Gasteiger partial charge in [0.05, 0.1) is 5.41 Å². The molecule has 2 aromatic carbocycles. The molecule has 3 amide bonds. The number of fused-ring (bicyclic) bond motifs is 1. The molecule has 2 heterocycles. The minimum absolute atomic E-state index is 0.0267. The molecule has 4 rings (SSSR count). The number of nitrogens with one attached hydrogen (secondary N) is 1. The maximum Gasteiger partial charge on any atom is 0.240 e. The Bertz CT molecular complexity index is 1070. The number of carbonyl (C=O) groups is 3. The zero-order valence-electron chi connectivity index (χ0n) is 18.9. The van der Waals surface area contributed by atoms with Gasteiger partial charge in [0.15, 0.2) is 11.5 Å². The van der Waals surface area contributed by atoms with E-state index in [0.29, 0.717) is 24.5 Å². The first kappa shape index (κ1) is 22.8. The third-order valence-electron chi connectivity index (χ3n) is 6.19. The van der Waals surface area contributed by atoms with Crippen LogP contribution in [0.5, 0.6) is 11.5 Å². The summed E-state index contributed by atoms with van der Waals surface area (Å²) in [7, 11) is 1.58. The van der Waals surface area contributed by atoms with Crippen LogP contribution < -0.4 is 14.8 Å². The third kappa shape index (κ3) is 4.57. The van der Waals surface area contributed by atoms with Crippen molar-refractivity contribution in [3.8, 4) is 11.5 Å². The largest absolute Gasteiger partial charge is 0.454 e. The number of carbonyl (C=O) groups excluding carboxylic acids is 3. The number of likely N-dealkylation sites (tertiary alicyclic amines) is 1. The number of methoxy groups -OCH3 is 1. The Morgan fingerprint density at radius 2 is 1.94 bits per heavy atom. The first-order valence-electron chi connectivity index (χ1n) is 11.0. The van der Waals surface area contributed by atoms with E-state index in [-0.39, 0.29) is 50.4 Å². The molecule has 0 aliphatic carbocycles. The molecule has 8 heteroatoms. The smallest absolute Gasteiger partial charge is 0.240 e. The van der Waals surface area contributed by atoms with E-state index in [1.54, 1.807) is 13.2 Å². The molecule has 0 bridgehead atoms. The van der Waals surface area contributed by atoms with Gasteiger partial charge in [-0.15, -0.1) is 0 Å². The Morgan fingerprint density at radius 3 is 2.73 bits per heavy atom. The number of ether oxygens (including phenoxy) is 3. The lowest BCUT2D eigenvalue weighted by molar-refractivity contribution is -0.141. The third-order valence-corrected chi connectivity index (χ3v) is 6.19. The van der Waals surface area contributed by atoms with Gasteiger partial charge in [0.2, 0.25) is 24.5 Å². The highest BCUT2D eigenvalue weighted by Gasteiger charge is 2.53. The first-order chi connectivity index (χ1) is 15.9. The van der Waals surface area contributed by atoms with Crippen molar-refractivity contribution in [2.24, 2.45) is 0 Å². The van der Waals surface area contributed by atoms with Gasteiger partial charge in [-0.1, -0.05) is 30.3 Å².